The van der Waals surface area contributed by atoms with E-state index < -0.39 is 5.97 Å². The molecule has 26 heavy (non-hydrogen) atoms. The Morgan fingerprint density at radius 1 is 1.27 bits per heavy atom. The first-order valence-corrected chi connectivity index (χ1v) is 9.32. The summed E-state index contributed by atoms with van der Waals surface area (Å²) in [6, 6.07) is 8.29. The van der Waals surface area contributed by atoms with Crippen molar-refractivity contribution in [3.8, 4) is 5.75 Å². The van der Waals surface area contributed by atoms with Crippen LogP contribution in [0.25, 0.3) is 0 Å². The molecule has 0 unspecified atom stereocenters. The number of aliphatic imine (C=N–C) groups is 1. The second-order valence-electron chi connectivity index (χ2n) is 6.79. The molecule has 1 fully saturated rings. The highest BCUT2D eigenvalue weighted by Gasteiger charge is 2.21. The van der Waals surface area contributed by atoms with E-state index in [2.05, 4.69) is 22.1 Å². The van der Waals surface area contributed by atoms with Crippen LogP contribution < -0.4 is 0 Å². The predicted octanol–water partition coefficient (Wildman–Crippen LogP) is 5.00. The summed E-state index contributed by atoms with van der Waals surface area (Å²) in [6.07, 6.45) is 8.08. The Bertz CT molecular complexity index is 784. The number of H-pyrrole nitrogens is 1. The molecule has 0 spiro atoms. The third-order valence-electron chi connectivity index (χ3n) is 4.98. The maximum Gasteiger partial charge on any atom is 0.343 e. The summed E-state index contributed by atoms with van der Waals surface area (Å²) in [7, 11) is 0. The van der Waals surface area contributed by atoms with Crippen LogP contribution in [0.1, 0.15) is 72.3 Å². The molecule has 1 aliphatic carbocycles. The van der Waals surface area contributed by atoms with Crippen LogP contribution in [0.4, 0.5) is 5.69 Å². The second kappa shape index (κ2) is 8.21. The molecule has 5 heteroatoms. The molecule has 1 aliphatic rings. The SMILES string of the molecule is CCOC(=O)c1c(C)[nH]c(C=Nc2ccc(C3CCCCC3)cc2)c1O. The fourth-order valence-corrected chi connectivity index (χ4v) is 3.59. The van der Waals surface area contributed by atoms with Gasteiger partial charge in [0, 0.05) is 5.69 Å². The molecule has 0 saturated heterocycles. The van der Waals surface area contributed by atoms with Gasteiger partial charge in [0.1, 0.15) is 11.3 Å². The van der Waals surface area contributed by atoms with Crippen LogP contribution in [0.15, 0.2) is 29.3 Å². The highest BCUT2D eigenvalue weighted by atomic mass is 16.5. The average Bonchev–Trinajstić information content (AvgIpc) is 2.95. The zero-order valence-electron chi connectivity index (χ0n) is 15.4. The number of benzene rings is 1. The number of ether oxygens (including phenoxy) is 1. The summed E-state index contributed by atoms with van der Waals surface area (Å²) in [6.45, 7) is 3.72. The number of carbonyl (C=O) groups excluding carboxylic acids is 1. The molecule has 0 aliphatic heterocycles. The van der Waals surface area contributed by atoms with Gasteiger partial charge < -0.3 is 14.8 Å². The van der Waals surface area contributed by atoms with Crippen LogP contribution in [0.5, 0.6) is 5.75 Å². The van der Waals surface area contributed by atoms with E-state index in [1.807, 2.05) is 12.1 Å². The van der Waals surface area contributed by atoms with Crippen molar-refractivity contribution in [3.63, 3.8) is 0 Å². The summed E-state index contributed by atoms with van der Waals surface area (Å²) < 4.78 is 4.97. The predicted molar refractivity (Wildman–Crippen MR) is 103 cm³/mol. The molecule has 5 nitrogen and oxygen atoms in total. The number of aromatic nitrogens is 1. The van der Waals surface area contributed by atoms with Gasteiger partial charge in [0.2, 0.25) is 0 Å². The standard InChI is InChI=1S/C21H26N2O3/c1-3-26-21(25)19-14(2)23-18(20(19)24)13-22-17-11-9-16(10-12-17)15-7-5-4-6-8-15/h9-13,15,23-24H,3-8H2,1-2H3. The van der Waals surface area contributed by atoms with Crippen molar-refractivity contribution >= 4 is 17.9 Å². The van der Waals surface area contributed by atoms with E-state index in [1.165, 1.54) is 37.7 Å². The van der Waals surface area contributed by atoms with Crippen LogP contribution >= 0.6 is 0 Å². The molecule has 138 valence electrons. The number of aryl methyl sites for hydroxylation is 1. The number of hydrogen-bond donors (Lipinski definition) is 2. The van der Waals surface area contributed by atoms with E-state index in [0.717, 1.165) is 5.69 Å². The van der Waals surface area contributed by atoms with E-state index in [-0.39, 0.29) is 17.9 Å². The Balaban J connectivity index is 1.73. The van der Waals surface area contributed by atoms with Crippen molar-refractivity contribution < 1.29 is 14.6 Å². The minimum absolute atomic E-state index is 0.122. The van der Waals surface area contributed by atoms with Crippen molar-refractivity contribution in [1.29, 1.82) is 0 Å². The van der Waals surface area contributed by atoms with E-state index in [9.17, 15) is 9.90 Å². The van der Waals surface area contributed by atoms with Gasteiger partial charge in [-0.1, -0.05) is 31.4 Å². The first kappa shape index (κ1) is 18.2. The number of nitrogens with zero attached hydrogens (tertiary/aromatic N) is 1. The molecule has 0 bridgehead atoms. The van der Waals surface area contributed by atoms with Crippen molar-refractivity contribution in [2.75, 3.05) is 6.61 Å². The summed E-state index contributed by atoms with van der Waals surface area (Å²) >= 11 is 0. The Kier molecular flexibility index (Phi) is 5.76. The Hall–Kier alpha value is -2.56. The first-order chi connectivity index (χ1) is 12.6. The highest BCUT2D eigenvalue weighted by Crippen LogP contribution is 2.33. The smallest absolute Gasteiger partial charge is 0.343 e. The fourth-order valence-electron chi connectivity index (χ4n) is 3.59. The lowest BCUT2D eigenvalue weighted by atomic mass is 9.84. The van der Waals surface area contributed by atoms with E-state index in [4.69, 9.17) is 4.74 Å². The van der Waals surface area contributed by atoms with Gasteiger partial charge >= 0.3 is 5.97 Å². The summed E-state index contributed by atoms with van der Waals surface area (Å²) in [5, 5.41) is 10.3. The number of rotatable bonds is 5. The first-order valence-electron chi connectivity index (χ1n) is 9.32. The molecule has 1 saturated carbocycles. The Morgan fingerprint density at radius 2 is 1.96 bits per heavy atom. The quantitative estimate of drug-likeness (QED) is 0.586. The molecule has 2 aromatic rings. The maximum atomic E-state index is 11.9. The third-order valence-corrected chi connectivity index (χ3v) is 4.98. The molecule has 0 amide bonds. The molecule has 1 aromatic heterocycles. The summed E-state index contributed by atoms with van der Waals surface area (Å²) in [4.78, 5) is 19.3. The van der Waals surface area contributed by atoms with Gasteiger partial charge in [-0.3, -0.25) is 4.99 Å². The van der Waals surface area contributed by atoms with Gasteiger partial charge in [-0.15, -0.1) is 0 Å². The molecule has 0 atom stereocenters. The summed E-state index contributed by atoms with van der Waals surface area (Å²) in [5.74, 6) is 0.0165. The van der Waals surface area contributed by atoms with Crippen LogP contribution in [0, 0.1) is 6.92 Å². The molecular weight excluding hydrogens is 328 g/mol. The van der Waals surface area contributed by atoms with Crippen molar-refractivity contribution in [2.24, 2.45) is 4.99 Å². The van der Waals surface area contributed by atoms with Crippen LogP contribution in [0.2, 0.25) is 0 Å². The Labute approximate surface area is 154 Å². The molecule has 0 radical (unpaired) electrons. The van der Waals surface area contributed by atoms with E-state index >= 15 is 0 Å². The Morgan fingerprint density at radius 3 is 2.62 bits per heavy atom. The molecule has 2 N–H and O–H groups in total. The van der Waals surface area contributed by atoms with Gasteiger partial charge in [0.25, 0.3) is 0 Å². The zero-order chi connectivity index (χ0) is 18.5. The fraction of sp³-hybridized carbons (Fsp3) is 0.429. The van der Waals surface area contributed by atoms with Crippen LogP contribution in [-0.4, -0.2) is 28.9 Å². The lowest BCUT2D eigenvalue weighted by Crippen LogP contribution is -2.05. The van der Waals surface area contributed by atoms with E-state index in [0.29, 0.717) is 17.3 Å². The van der Waals surface area contributed by atoms with E-state index in [1.54, 1.807) is 20.1 Å². The number of aromatic hydroxyl groups is 1. The number of carbonyl (C=O) groups is 1. The second-order valence-corrected chi connectivity index (χ2v) is 6.79. The lowest BCUT2D eigenvalue weighted by molar-refractivity contribution is 0.0522. The summed E-state index contributed by atoms with van der Waals surface area (Å²) in [5.41, 5.74) is 3.33. The topological polar surface area (TPSA) is 74.7 Å². The lowest BCUT2D eigenvalue weighted by Gasteiger charge is -2.21. The van der Waals surface area contributed by atoms with Crippen LogP contribution in [0.3, 0.4) is 0 Å². The van der Waals surface area contributed by atoms with Gasteiger partial charge in [-0.25, -0.2) is 4.79 Å². The van der Waals surface area contributed by atoms with Crippen molar-refractivity contribution in [2.45, 2.75) is 51.9 Å². The third kappa shape index (κ3) is 3.98. The number of aromatic amines is 1. The number of hydrogen-bond acceptors (Lipinski definition) is 4. The molecule has 3 rings (SSSR count). The van der Waals surface area contributed by atoms with Crippen LogP contribution in [-0.2, 0) is 4.74 Å². The van der Waals surface area contributed by atoms with Gasteiger partial charge in [0.05, 0.1) is 18.5 Å². The molecular formula is C21H26N2O3. The minimum Gasteiger partial charge on any atom is -0.505 e. The van der Waals surface area contributed by atoms with Gasteiger partial charge in [-0.2, -0.15) is 0 Å². The van der Waals surface area contributed by atoms with Crippen molar-refractivity contribution in [1.82, 2.24) is 4.98 Å². The van der Waals surface area contributed by atoms with Gasteiger partial charge in [0.15, 0.2) is 5.75 Å². The normalized spacial score (nSPS) is 15.5. The highest BCUT2D eigenvalue weighted by molar-refractivity contribution is 5.98. The van der Waals surface area contributed by atoms with Crippen molar-refractivity contribution in [3.05, 3.63) is 46.8 Å². The largest absolute Gasteiger partial charge is 0.505 e. The minimum atomic E-state index is -0.532. The number of esters is 1. The molecule has 1 aromatic carbocycles. The monoisotopic (exact) mass is 354 g/mol. The maximum absolute atomic E-state index is 11.9. The average molecular weight is 354 g/mol. The zero-order valence-corrected chi connectivity index (χ0v) is 15.4. The number of nitrogens with one attached hydrogen (secondary N) is 1. The van der Waals surface area contributed by atoms with Gasteiger partial charge in [-0.05, 0) is 50.3 Å². The molecule has 1 heterocycles.